The summed E-state index contributed by atoms with van der Waals surface area (Å²) in [5.74, 6) is 0.817. The van der Waals surface area contributed by atoms with E-state index in [0.717, 1.165) is 12.8 Å². The number of hydrogen-bond acceptors (Lipinski definition) is 2. The van der Waals surface area contributed by atoms with Crippen molar-refractivity contribution in [1.29, 1.82) is 0 Å². The van der Waals surface area contributed by atoms with Crippen LogP contribution in [0.25, 0.3) is 0 Å². The van der Waals surface area contributed by atoms with E-state index in [1.807, 2.05) is 0 Å². The topological polar surface area (TPSA) is 55.1 Å². The summed E-state index contributed by atoms with van der Waals surface area (Å²) < 4.78 is 0. The molecule has 3 nitrogen and oxygen atoms in total. The van der Waals surface area contributed by atoms with Gasteiger partial charge in [-0.2, -0.15) is 0 Å². The number of carbonyl (C=O) groups is 1. The molecule has 17 heavy (non-hydrogen) atoms. The highest BCUT2D eigenvalue weighted by Crippen LogP contribution is 2.39. The number of amides is 1. The Morgan fingerprint density at radius 2 is 1.88 bits per heavy atom. The summed E-state index contributed by atoms with van der Waals surface area (Å²) in [6.45, 7) is 4.26. The summed E-state index contributed by atoms with van der Waals surface area (Å²) in [6, 6.07) is 0. The number of nitrogens with two attached hydrogens (primary N) is 1. The minimum atomic E-state index is -0.234. The third kappa shape index (κ3) is 3.44. The van der Waals surface area contributed by atoms with Gasteiger partial charge in [0.2, 0.25) is 5.91 Å². The molecule has 0 atom stereocenters. The molecule has 0 heterocycles. The Balaban J connectivity index is 1.83. The first-order chi connectivity index (χ1) is 7.91. The molecule has 0 saturated heterocycles. The number of rotatable bonds is 4. The molecule has 0 aliphatic heterocycles. The summed E-state index contributed by atoms with van der Waals surface area (Å²) in [6.07, 6.45) is 8.64. The van der Waals surface area contributed by atoms with E-state index >= 15 is 0 Å². The maximum absolute atomic E-state index is 12.1. The maximum atomic E-state index is 12.1. The molecule has 3 N–H and O–H groups in total. The Hall–Kier alpha value is -0.570. The van der Waals surface area contributed by atoms with Crippen LogP contribution in [0.1, 0.15) is 65.2 Å². The predicted octanol–water partition coefficient (Wildman–Crippen LogP) is 2.34. The van der Waals surface area contributed by atoms with Crippen LogP contribution in [0.4, 0.5) is 0 Å². The van der Waals surface area contributed by atoms with Crippen LogP contribution in [0.2, 0.25) is 0 Å². The van der Waals surface area contributed by atoms with E-state index in [0.29, 0.717) is 12.3 Å². The van der Waals surface area contributed by atoms with Gasteiger partial charge in [-0.3, -0.25) is 4.79 Å². The molecule has 98 valence electrons. The molecule has 3 heteroatoms. The zero-order valence-electron chi connectivity index (χ0n) is 11.2. The predicted molar refractivity (Wildman–Crippen MR) is 69.6 cm³/mol. The van der Waals surface area contributed by atoms with Gasteiger partial charge in [0.25, 0.3) is 0 Å². The third-order valence-electron chi connectivity index (χ3n) is 4.42. The van der Waals surface area contributed by atoms with E-state index in [9.17, 15) is 4.79 Å². The first-order valence-electron chi connectivity index (χ1n) is 7.01. The smallest absolute Gasteiger partial charge is 0.222 e. The zero-order valence-corrected chi connectivity index (χ0v) is 11.2. The lowest BCUT2D eigenvalue weighted by atomic mass is 9.80. The van der Waals surface area contributed by atoms with E-state index in [1.54, 1.807) is 0 Å². The zero-order chi connectivity index (χ0) is 12.5. The maximum Gasteiger partial charge on any atom is 0.222 e. The number of nitrogens with one attached hydrogen (secondary N) is 1. The van der Waals surface area contributed by atoms with Crippen molar-refractivity contribution in [2.24, 2.45) is 11.7 Å². The molecule has 2 rings (SSSR count). The second kappa shape index (κ2) is 4.60. The first kappa shape index (κ1) is 12.9. The molecule has 0 aromatic carbocycles. The van der Waals surface area contributed by atoms with E-state index in [4.69, 9.17) is 5.73 Å². The molecular formula is C14H26N2O. The van der Waals surface area contributed by atoms with Gasteiger partial charge in [-0.1, -0.05) is 19.3 Å². The second-order valence-electron chi connectivity index (χ2n) is 6.64. The highest BCUT2D eigenvalue weighted by atomic mass is 16.1. The molecule has 0 radical (unpaired) electrons. The Morgan fingerprint density at radius 1 is 1.29 bits per heavy atom. The van der Waals surface area contributed by atoms with Crippen molar-refractivity contribution in [1.82, 2.24) is 5.32 Å². The summed E-state index contributed by atoms with van der Waals surface area (Å²) in [5, 5.41) is 3.17. The largest absolute Gasteiger partial charge is 0.351 e. The summed E-state index contributed by atoms with van der Waals surface area (Å²) in [4.78, 5) is 12.1. The van der Waals surface area contributed by atoms with E-state index in [2.05, 4.69) is 19.2 Å². The van der Waals surface area contributed by atoms with Gasteiger partial charge in [0.1, 0.15) is 0 Å². The van der Waals surface area contributed by atoms with Crippen LogP contribution < -0.4 is 11.1 Å². The fourth-order valence-corrected chi connectivity index (χ4v) is 3.06. The molecule has 0 bridgehead atoms. The Kier molecular flexibility index (Phi) is 3.48. The average Bonchev–Trinajstić information content (AvgIpc) is 2.99. The van der Waals surface area contributed by atoms with Gasteiger partial charge in [0.15, 0.2) is 0 Å². The Morgan fingerprint density at radius 3 is 2.41 bits per heavy atom. The summed E-state index contributed by atoms with van der Waals surface area (Å²) >= 11 is 0. The summed E-state index contributed by atoms with van der Waals surface area (Å²) in [5.41, 5.74) is 6.04. The SMILES string of the molecule is CC(C)(NC(=O)CC1(N)CCCCC1)C1CC1. The van der Waals surface area contributed by atoms with Crippen LogP contribution in [0.3, 0.4) is 0 Å². The normalized spacial score (nSPS) is 24.4. The van der Waals surface area contributed by atoms with Crippen molar-refractivity contribution in [3.63, 3.8) is 0 Å². The van der Waals surface area contributed by atoms with Gasteiger partial charge in [0, 0.05) is 17.5 Å². The van der Waals surface area contributed by atoms with Crippen molar-refractivity contribution < 1.29 is 4.79 Å². The van der Waals surface area contributed by atoms with Gasteiger partial charge < -0.3 is 11.1 Å². The molecule has 0 aromatic rings. The van der Waals surface area contributed by atoms with Crippen LogP contribution in [0.5, 0.6) is 0 Å². The van der Waals surface area contributed by atoms with Gasteiger partial charge in [0.05, 0.1) is 0 Å². The van der Waals surface area contributed by atoms with Crippen molar-refractivity contribution in [3.8, 4) is 0 Å². The highest BCUT2D eigenvalue weighted by molar-refractivity contribution is 5.78. The number of hydrogen-bond donors (Lipinski definition) is 2. The molecule has 0 spiro atoms. The molecule has 0 aromatic heterocycles. The third-order valence-corrected chi connectivity index (χ3v) is 4.42. The molecule has 1 amide bonds. The molecular weight excluding hydrogens is 212 g/mol. The monoisotopic (exact) mass is 238 g/mol. The summed E-state index contributed by atoms with van der Waals surface area (Å²) in [7, 11) is 0. The fraction of sp³-hybridized carbons (Fsp3) is 0.929. The standard InChI is InChI=1S/C14H26N2O/c1-13(2,11-6-7-11)16-12(17)10-14(15)8-4-3-5-9-14/h11H,3-10,15H2,1-2H3,(H,16,17). The lowest BCUT2D eigenvalue weighted by Gasteiger charge is -2.34. The second-order valence-corrected chi connectivity index (χ2v) is 6.64. The minimum Gasteiger partial charge on any atom is -0.351 e. The lowest BCUT2D eigenvalue weighted by Crippen LogP contribution is -2.51. The van der Waals surface area contributed by atoms with Crippen LogP contribution in [0, 0.1) is 5.92 Å². The quantitative estimate of drug-likeness (QED) is 0.790. The molecule has 2 aliphatic rings. The van der Waals surface area contributed by atoms with Crippen molar-refractivity contribution in [2.45, 2.75) is 76.3 Å². The van der Waals surface area contributed by atoms with Gasteiger partial charge in [-0.25, -0.2) is 0 Å². The van der Waals surface area contributed by atoms with Gasteiger partial charge in [-0.15, -0.1) is 0 Å². The van der Waals surface area contributed by atoms with Crippen molar-refractivity contribution in [3.05, 3.63) is 0 Å². The molecule has 2 fully saturated rings. The fourth-order valence-electron chi connectivity index (χ4n) is 3.06. The van der Waals surface area contributed by atoms with Gasteiger partial charge >= 0.3 is 0 Å². The van der Waals surface area contributed by atoms with E-state index in [1.165, 1.54) is 32.1 Å². The lowest BCUT2D eigenvalue weighted by molar-refractivity contribution is -0.124. The highest BCUT2D eigenvalue weighted by Gasteiger charge is 2.40. The van der Waals surface area contributed by atoms with Crippen LogP contribution in [0.15, 0.2) is 0 Å². The molecule has 0 unspecified atom stereocenters. The van der Waals surface area contributed by atoms with Crippen LogP contribution >= 0.6 is 0 Å². The Labute approximate surface area is 105 Å². The van der Waals surface area contributed by atoms with E-state index < -0.39 is 0 Å². The van der Waals surface area contributed by atoms with Gasteiger partial charge in [-0.05, 0) is 45.4 Å². The number of carbonyl (C=O) groups excluding carboxylic acids is 1. The van der Waals surface area contributed by atoms with Crippen molar-refractivity contribution in [2.75, 3.05) is 0 Å². The molecule has 2 aliphatic carbocycles. The van der Waals surface area contributed by atoms with Crippen LogP contribution in [-0.4, -0.2) is 17.0 Å². The Bertz CT molecular complexity index is 289. The average molecular weight is 238 g/mol. The first-order valence-corrected chi connectivity index (χ1v) is 7.01. The van der Waals surface area contributed by atoms with E-state index in [-0.39, 0.29) is 17.0 Å². The van der Waals surface area contributed by atoms with Crippen molar-refractivity contribution >= 4 is 5.91 Å². The molecule has 2 saturated carbocycles. The minimum absolute atomic E-state index is 0.0396. The van der Waals surface area contributed by atoms with Crippen LogP contribution in [-0.2, 0) is 4.79 Å².